The molecule has 0 saturated heterocycles. The topological polar surface area (TPSA) is 18.5 Å². The van der Waals surface area contributed by atoms with Crippen molar-refractivity contribution in [3.8, 4) is 5.75 Å². The molecule has 0 unspecified atom stereocenters. The first kappa shape index (κ1) is 7.20. The fourth-order valence-corrected chi connectivity index (χ4v) is 1.46. The summed E-state index contributed by atoms with van der Waals surface area (Å²) in [5.41, 5.74) is 1.13. The Kier molecular flexibility index (Phi) is 1.89. The van der Waals surface area contributed by atoms with Crippen LogP contribution in [0.4, 0.5) is 0 Å². The standard InChI is InChI=1S/C8H7AsO2/c9-7-2-1-6-4-10-5-11-8(6)3-7/h1-3H,4-5H2. The zero-order chi connectivity index (χ0) is 7.68. The molecule has 0 aromatic heterocycles. The number of hydrogen-bond donors (Lipinski definition) is 0. The maximum absolute atomic E-state index is 5.27. The van der Waals surface area contributed by atoms with Gasteiger partial charge in [-0.3, -0.25) is 0 Å². The second-order valence-corrected chi connectivity index (χ2v) is 3.49. The van der Waals surface area contributed by atoms with Crippen molar-refractivity contribution in [1.29, 1.82) is 0 Å². The summed E-state index contributed by atoms with van der Waals surface area (Å²) >= 11 is 2.49. The van der Waals surface area contributed by atoms with Crippen LogP contribution in [0.15, 0.2) is 18.2 Å². The maximum atomic E-state index is 5.27. The van der Waals surface area contributed by atoms with Gasteiger partial charge in [-0.05, 0) is 0 Å². The predicted octanol–water partition coefficient (Wildman–Crippen LogP) is 0.347. The summed E-state index contributed by atoms with van der Waals surface area (Å²) < 4.78 is 11.5. The van der Waals surface area contributed by atoms with E-state index in [4.69, 9.17) is 9.47 Å². The predicted molar refractivity (Wildman–Crippen MR) is 42.1 cm³/mol. The van der Waals surface area contributed by atoms with E-state index in [1.807, 2.05) is 18.2 Å². The Morgan fingerprint density at radius 1 is 1.36 bits per heavy atom. The molecule has 2 radical (unpaired) electrons. The van der Waals surface area contributed by atoms with Crippen molar-refractivity contribution in [1.82, 2.24) is 0 Å². The molecule has 1 aliphatic rings. The van der Waals surface area contributed by atoms with Gasteiger partial charge in [0.15, 0.2) is 0 Å². The summed E-state index contributed by atoms with van der Waals surface area (Å²) in [6.07, 6.45) is 0. The monoisotopic (exact) mass is 210 g/mol. The van der Waals surface area contributed by atoms with Crippen LogP contribution in [0.25, 0.3) is 0 Å². The molecule has 11 heavy (non-hydrogen) atoms. The van der Waals surface area contributed by atoms with E-state index >= 15 is 0 Å². The van der Waals surface area contributed by atoms with Gasteiger partial charge in [0.1, 0.15) is 0 Å². The van der Waals surface area contributed by atoms with Gasteiger partial charge in [-0.15, -0.1) is 0 Å². The van der Waals surface area contributed by atoms with Gasteiger partial charge in [-0.2, -0.15) is 0 Å². The van der Waals surface area contributed by atoms with Crippen LogP contribution in [-0.2, 0) is 11.3 Å². The van der Waals surface area contributed by atoms with Gasteiger partial charge in [0.2, 0.25) is 0 Å². The first-order chi connectivity index (χ1) is 5.36. The van der Waals surface area contributed by atoms with Crippen LogP contribution < -0.4 is 9.09 Å². The van der Waals surface area contributed by atoms with E-state index in [1.165, 1.54) is 0 Å². The molecule has 1 aliphatic heterocycles. The van der Waals surface area contributed by atoms with E-state index in [1.54, 1.807) is 0 Å². The van der Waals surface area contributed by atoms with Crippen molar-refractivity contribution in [3.05, 3.63) is 23.8 Å². The second kappa shape index (κ2) is 2.88. The first-order valence-corrected chi connectivity index (χ1v) is 4.32. The molecule has 56 valence electrons. The van der Waals surface area contributed by atoms with Gasteiger partial charge in [-0.25, -0.2) is 0 Å². The molecule has 1 aromatic carbocycles. The van der Waals surface area contributed by atoms with Crippen LogP contribution in [0.1, 0.15) is 5.56 Å². The average molecular weight is 210 g/mol. The van der Waals surface area contributed by atoms with Gasteiger partial charge in [0.05, 0.1) is 0 Å². The molecule has 0 fully saturated rings. The van der Waals surface area contributed by atoms with Crippen molar-refractivity contribution in [3.63, 3.8) is 0 Å². The van der Waals surface area contributed by atoms with E-state index in [-0.39, 0.29) is 0 Å². The third-order valence-corrected chi connectivity index (χ3v) is 2.19. The molecular weight excluding hydrogens is 203 g/mol. The molecule has 3 heteroatoms. The third kappa shape index (κ3) is 1.42. The van der Waals surface area contributed by atoms with Crippen molar-refractivity contribution in [2.45, 2.75) is 6.61 Å². The molecule has 0 spiro atoms. The molecule has 0 N–H and O–H groups in total. The van der Waals surface area contributed by atoms with Gasteiger partial charge in [-0.1, -0.05) is 0 Å². The molecule has 0 saturated carbocycles. The van der Waals surface area contributed by atoms with Crippen molar-refractivity contribution >= 4 is 21.2 Å². The van der Waals surface area contributed by atoms with E-state index < -0.39 is 0 Å². The van der Waals surface area contributed by atoms with Gasteiger partial charge in [0, 0.05) is 0 Å². The van der Waals surface area contributed by atoms with Crippen molar-refractivity contribution < 1.29 is 9.47 Å². The average Bonchev–Trinajstić information content (AvgIpc) is 2.04. The van der Waals surface area contributed by atoms with Gasteiger partial charge < -0.3 is 0 Å². The van der Waals surface area contributed by atoms with E-state index in [0.29, 0.717) is 13.4 Å². The van der Waals surface area contributed by atoms with Crippen LogP contribution in [0.5, 0.6) is 5.75 Å². The number of hydrogen-bond acceptors (Lipinski definition) is 2. The molecule has 0 aliphatic carbocycles. The zero-order valence-electron chi connectivity index (χ0n) is 5.91. The Bertz CT molecular complexity index is 273. The Labute approximate surface area is 74.0 Å². The molecule has 2 nitrogen and oxygen atoms in total. The normalized spacial score (nSPS) is 15.4. The van der Waals surface area contributed by atoms with Crippen molar-refractivity contribution in [2.24, 2.45) is 0 Å². The van der Waals surface area contributed by atoms with Crippen LogP contribution in [-0.4, -0.2) is 23.6 Å². The molecule has 0 amide bonds. The minimum absolute atomic E-state index is 0.378. The Morgan fingerprint density at radius 3 is 3.18 bits per heavy atom. The van der Waals surface area contributed by atoms with Crippen LogP contribution >= 0.6 is 0 Å². The Morgan fingerprint density at radius 2 is 2.27 bits per heavy atom. The summed E-state index contributed by atoms with van der Waals surface area (Å²) in [6, 6.07) is 6.08. The summed E-state index contributed by atoms with van der Waals surface area (Å²) in [4.78, 5) is 0. The summed E-state index contributed by atoms with van der Waals surface area (Å²) in [7, 11) is 0. The SMILES string of the molecule is [As]c1ccc2c(c1)OCOC2. The quantitative estimate of drug-likeness (QED) is 0.575. The zero-order valence-corrected chi connectivity index (χ0v) is 7.79. The van der Waals surface area contributed by atoms with Crippen molar-refractivity contribution in [2.75, 3.05) is 6.79 Å². The van der Waals surface area contributed by atoms with E-state index in [2.05, 4.69) is 16.9 Å². The summed E-state index contributed by atoms with van der Waals surface area (Å²) in [6.45, 7) is 1.05. The molecule has 1 aromatic rings. The molecule has 1 heterocycles. The minimum atomic E-state index is 0.378. The number of rotatable bonds is 0. The van der Waals surface area contributed by atoms with Crippen LogP contribution in [0.3, 0.4) is 0 Å². The fourth-order valence-electron chi connectivity index (χ4n) is 1.05. The van der Waals surface area contributed by atoms with Crippen LogP contribution in [0, 0.1) is 0 Å². The summed E-state index contributed by atoms with van der Waals surface area (Å²) in [5, 5.41) is 0. The first-order valence-electron chi connectivity index (χ1n) is 3.39. The van der Waals surface area contributed by atoms with Gasteiger partial charge in [0.25, 0.3) is 0 Å². The van der Waals surface area contributed by atoms with Gasteiger partial charge >= 0.3 is 73.6 Å². The Hall–Kier alpha value is -0.462. The molecule has 2 rings (SSSR count). The second-order valence-electron chi connectivity index (χ2n) is 2.40. The molecule has 0 atom stereocenters. The summed E-state index contributed by atoms with van der Waals surface area (Å²) in [5.74, 6) is 0.953. The Balaban J connectivity index is 2.43. The molecular formula is C8H7AsO2. The number of fused-ring (bicyclic) bond motifs is 1. The number of ether oxygens (including phenoxy) is 2. The number of benzene rings is 1. The van der Waals surface area contributed by atoms with E-state index in [9.17, 15) is 0 Å². The van der Waals surface area contributed by atoms with E-state index in [0.717, 1.165) is 15.7 Å². The fraction of sp³-hybridized carbons (Fsp3) is 0.250. The molecule has 0 bridgehead atoms. The van der Waals surface area contributed by atoms with Crippen LogP contribution in [0.2, 0.25) is 0 Å². The third-order valence-electron chi connectivity index (χ3n) is 1.61.